The zero-order chi connectivity index (χ0) is 6.57. The van der Waals surface area contributed by atoms with Gasteiger partial charge in [-0.25, -0.2) is 4.39 Å². The maximum absolute atomic E-state index is 12.5. The van der Waals surface area contributed by atoms with E-state index in [1.165, 1.54) is 0 Å². The molecule has 0 radical (unpaired) electrons. The average molecular weight is 183 g/mol. The molecule has 2 heteroatoms. The quantitative estimate of drug-likeness (QED) is 0.590. The molecule has 0 aromatic heterocycles. The molecule has 0 aliphatic carbocycles. The van der Waals surface area contributed by atoms with Gasteiger partial charge in [-0.05, 0) is 12.8 Å². The molecular weight excluding hydrogens is 171 g/mol. The molecule has 50 valence electrons. The van der Waals surface area contributed by atoms with E-state index in [9.17, 15) is 4.39 Å². The van der Waals surface area contributed by atoms with E-state index < -0.39 is 6.17 Å². The van der Waals surface area contributed by atoms with Crippen LogP contribution in [0.1, 0.15) is 26.7 Å². The Labute approximate surface area is 58.6 Å². The van der Waals surface area contributed by atoms with Gasteiger partial charge in [-0.2, -0.15) is 0 Å². The fourth-order valence-corrected chi connectivity index (χ4v) is 0.885. The molecular formula is C6H12BrF. The summed E-state index contributed by atoms with van der Waals surface area (Å²) in [6.45, 7) is 3.83. The number of hydrogen-bond donors (Lipinski definition) is 0. The maximum atomic E-state index is 12.5. The van der Waals surface area contributed by atoms with Crippen LogP contribution in [-0.2, 0) is 0 Å². The summed E-state index contributed by atoms with van der Waals surface area (Å²) in [6.07, 6.45) is 0.818. The lowest BCUT2D eigenvalue weighted by Gasteiger charge is -2.08. The molecule has 0 aromatic carbocycles. The first-order chi connectivity index (χ1) is 3.72. The van der Waals surface area contributed by atoms with Crippen molar-refractivity contribution < 1.29 is 4.39 Å². The van der Waals surface area contributed by atoms with E-state index in [-0.39, 0.29) is 4.83 Å². The molecule has 0 saturated heterocycles. The number of halogens is 2. The summed E-state index contributed by atoms with van der Waals surface area (Å²) in [7, 11) is 0. The Kier molecular flexibility index (Phi) is 4.53. The van der Waals surface area contributed by atoms with E-state index in [1.807, 2.05) is 13.8 Å². The lowest BCUT2D eigenvalue weighted by molar-refractivity contribution is 0.315. The molecule has 0 aliphatic heterocycles. The van der Waals surface area contributed by atoms with Crippen LogP contribution in [-0.4, -0.2) is 11.0 Å². The van der Waals surface area contributed by atoms with Crippen LogP contribution in [0.2, 0.25) is 0 Å². The second kappa shape index (κ2) is 4.30. The van der Waals surface area contributed by atoms with Gasteiger partial charge < -0.3 is 0 Å². The van der Waals surface area contributed by atoms with Crippen molar-refractivity contribution in [2.45, 2.75) is 37.7 Å². The van der Waals surface area contributed by atoms with Gasteiger partial charge in [0.2, 0.25) is 0 Å². The van der Waals surface area contributed by atoms with Gasteiger partial charge in [-0.15, -0.1) is 0 Å². The second-order valence-electron chi connectivity index (χ2n) is 1.85. The molecule has 0 saturated carbocycles. The molecule has 0 fully saturated rings. The lowest BCUT2D eigenvalue weighted by atomic mass is 10.2. The summed E-state index contributed by atoms with van der Waals surface area (Å²) in [6, 6.07) is 0. The van der Waals surface area contributed by atoms with Crippen molar-refractivity contribution in [3.05, 3.63) is 0 Å². The Balaban J connectivity index is 3.29. The predicted octanol–water partition coefficient (Wildman–Crippen LogP) is 2.91. The van der Waals surface area contributed by atoms with E-state index in [0.29, 0.717) is 6.42 Å². The number of rotatable bonds is 3. The van der Waals surface area contributed by atoms with Crippen LogP contribution in [0.4, 0.5) is 4.39 Å². The minimum atomic E-state index is -0.667. The molecule has 0 aliphatic rings. The topological polar surface area (TPSA) is 0 Å². The van der Waals surface area contributed by atoms with Gasteiger partial charge in [0, 0.05) is 4.83 Å². The average Bonchev–Trinajstić information content (AvgIpc) is 1.84. The van der Waals surface area contributed by atoms with E-state index in [1.54, 1.807) is 0 Å². The van der Waals surface area contributed by atoms with Crippen molar-refractivity contribution in [2.24, 2.45) is 0 Å². The van der Waals surface area contributed by atoms with Gasteiger partial charge >= 0.3 is 0 Å². The van der Waals surface area contributed by atoms with Crippen molar-refractivity contribution in [3.8, 4) is 0 Å². The van der Waals surface area contributed by atoms with Crippen LogP contribution in [0, 0.1) is 0 Å². The van der Waals surface area contributed by atoms with E-state index >= 15 is 0 Å². The summed E-state index contributed by atoms with van der Waals surface area (Å²) in [5, 5.41) is 0. The van der Waals surface area contributed by atoms with Crippen LogP contribution in [0.3, 0.4) is 0 Å². The summed E-state index contributed by atoms with van der Waals surface area (Å²) in [5.41, 5.74) is 0. The SMILES string of the molecule is CCC(F)C(Br)CC. The van der Waals surface area contributed by atoms with Crippen molar-refractivity contribution in [2.75, 3.05) is 0 Å². The summed E-state index contributed by atoms with van der Waals surface area (Å²) in [4.78, 5) is 0.0625. The van der Waals surface area contributed by atoms with Crippen molar-refractivity contribution in [1.82, 2.24) is 0 Å². The first-order valence-electron chi connectivity index (χ1n) is 3.00. The van der Waals surface area contributed by atoms with Crippen LogP contribution < -0.4 is 0 Å². The molecule has 0 aromatic rings. The van der Waals surface area contributed by atoms with Crippen molar-refractivity contribution >= 4 is 15.9 Å². The summed E-state index contributed by atoms with van der Waals surface area (Å²) < 4.78 is 12.5. The largest absolute Gasteiger partial charge is 0.246 e. The standard InChI is InChI=1S/C6H12BrF/c1-3-5(7)6(8)4-2/h5-6H,3-4H2,1-2H3. The Hall–Kier alpha value is 0.410. The minimum Gasteiger partial charge on any atom is -0.246 e. The Morgan fingerprint density at radius 3 is 2.00 bits per heavy atom. The highest BCUT2D eigenvalue weighted by atomic mass is 79.9. The van der Waals surface area contributed by atoms with Crippen molar-refractivity contribution in [3.63, 3.8) is 0 Å². The third-order valence-electron chi connectivity index (χ3n) is 1.17. The van der Waals surface area contributed by atoms with Crippen LogP contribution in [0.5, 0.6) is 0 Å². The predicted molar refractivity (Wildman–Crippen MR) is 38.2 cm³/mol. The Bertz CT molecular complexity index is 48.5. The number of hydrogen-bond acceptors (Lipinski definition) is 0. The fraction of sp³-hybridized carbons (Fsp3) is 1.00. The first-order valence-corrected chi connectivity index (χ1v) is 3.92. The summed E-state index contributed by atoms with van der Waals surface area (Å²) in [5.74, 6) is 0. The zero-order valence-corrected chi connectivity index (χ0v) is 6.91. The van der Waals surface area contributed by atoms with Gasteiger partial charge in [-0.1, -0.05) is 29.8 Å². The summed E-state index contributed by atoms with van der Waals surface area (Å²) >= 11 is 3.23. The van der Waals surface area contributed by atoms with E-state index in [4.69, 9.17) is 0 Å². The van der Waals surface area contributed by atoms with Crippen molar-refractivity contribution in [1.29, 1.82) is 0 Å². The number of alkyl halides is 2. The molecule has 2 unspecified atom stereocenters. The third-order valence-corrected chi connectivity index (χ3v) is 2.39. The van der Waals surface area contributed by atoms with Gasteiger partial charge in [0.1, 0.15) is 6.17 Å². The maximum Gasteiger partial charge on any atom is 0.112 e. The first kappa shape index (κ1) is 8.41. The lowest BCUT2D eigenvalue weighted by Crippen LogP contribution is -2.12. The molecule has 0 heterocycles. The Morgan fingerprint density at radius 1 is 1.38 bits per heavy atom. The molecule has 0 bridgehead atoms. The monoisotopic (exact) mass is 182 g/mol. The normalized spacial score (nSPS) is 18.0. The molecule has 0 N–H and O–H groups in total. The van der Waals surface area contributed by atoms with Crippen LogP contribution in [0.15, 0.2) is 0 Å². The minimum absolute atomic E-state index is 0.0625. The highest BCUT2D eigenvalue weighted by Gasteiger charge is 2.12. The molecule has 0 amide bonds. The van der Waals surface area contributed by atoms with Crippen LogP contribution in [0.25, 0.3) is 0 Å². The molecule has 2 atom stereocenters. The van der Waals surface area contributed by atoms with Crippen LogP contribution >= 0.6 is 15.9 Å². The fourth-order valence-electron chi connectivity index (χ4n) is 0.512. The van der Waals surface area contributed by atoms with E-state index in [2.05, 4.69) is 15.9 Å². The smallest absolute Gasteiger partial charge is 0.112 e. The van der Waals surface area contributed by atoms with Gasteiger partial charge in [0.15, 0.2) is 0 Å². The second-order valence-corrected chi connectivity index (χ2v) is 3.02. The van der Waals surface area contributed by atoms with E-state index in [0.717, 1.165) is 6.42 Å². The highest BCUT2D eigenvalue weighted by molar-refractivity contribution is 9.09. The van der Waals surface area contributed by atoms with Gasteiger partial charge in [0.25, 0.3) is 0 Å². The van der Waals surface area contributed by atoms with Gasteiger partial charge in [-0.3, -0.25) is 0 Å². The Morgan fingerprint density at radius 2 is 1.88 bits per heavy atom. The molecule has 0 rings (SSSR count). The zero-order valence-electron chi connectivity index (χ0n) is 5.32. The molecule has 0 nitrogen and oxygen atoms in total. The highest BCUT2D eigenvalue weighted by Crippen LogP contribution is 2.15. The molecule has 8 heavy (non-hydrogen) atoms. The molecule has 0 spiro atoms. The third kappa shape index (κ3) is 2.65. The van der Waals surface area contributed by atoms with Gasteiger partial charge in [0.05, 0.1) is 0 Å².